The highest BCUT2D eigenvalue weighted by Gasteiger charge is 2.21. The van der Waals surface area contributed by atoms with Gasteiger partial charge in [-0.05, 0) is 6.92 Å². The molecule has 1 heterocycles. The molecule has 8 heteroatoms. The molecule has 24 heavy (non-hydrogen) atoms. The largest absolute Gasteiger partial charge is 0.478 e. The molecule has 0 saturated carbocycles. The van der Waals surface area contributed by atoms with Crippen molar-refractivity contribution in [2.75, 3.05) is 11.9 Å². The van der Waals surface area contributed by atoms with E-state index >= 15 is 0 Å². The number of carbonyl (C=O) groups excluding carboxylic acids is 2. The van der Waals surface area contributed by atoms with Crippen LogP contribution in [0.15, 0.2) is 42.5 Å². The lowest BCUT2D eigenvalue weighted by atomic mass is 10.1. The first-order valence-corrected chi connectivity index (χ1v) is 7.78. The zero-order valence-corrected chi connectivity index (χ0v) is 13.5. The topological polar surface area (TPSA) is 106 Å². The number of anilines is 1. The van der Waals surface area contributed by atoms with Gasteiger partial charge in [0.1, 0.15) is 4.88 Å². The number of nitrogens with zero attached hydrogens (tertiary/aromatic N) is 1. The number of aromatic nitrogens is 1. The molecule has 124 valence electrons. The van der Waals surface area contributed by atoms with Crippen molar-refractivity contribution < 1.29 is 24.2 Å². The van der Waals surface area contributed by atoms with Gasteiger partial charge in [0.2, 0.25) is 5.91 Å². The second kappa shape index (κ2) is 8.02. The minimum Gasteiger partial charge on any atom is -0.478 e. The van der Waals surface area contributed by atoms with Gasteiger partial charge in [0, 0.05) is 17.7 Å². The predicted octanol–water partition coefficient (Wildman–Crippen LogP) is 2.57. The number of carboxylic acids is 1. The van der Waals surface area contributed by atoms with Crippen molar-refractivity contribution in [3.05, 3.63) is 47.4 Å². The molecule has 2 N–H and O–H groups in total. The van der Waals surface area contributed by atoms with Gasteiger partial charge in [0.05, 0.1) is 12.3 Å². The normalized spacial score (nSPS) is 10.5. The van der Waals surface area contributed by atoms with E-state index < -0.39 is 17.8 Å². The summed E-state index contributed by atoms with van der Waals surface area (Å²) in [4.78, 5) is 38.7. The second-order valence-corrected chi connectivity index (χ2v) is 5.44. The van der Waals surface area contributed by atoms with Gasteiger partial charge in [0.15, 0.2) is 5.13 Å². The number of rotatable bonds is 6. The molecule has 0 fully saturated rings. The summed E-state index contributed by atoms with van der Waals surface area (Å²) in [5.41, 5.74) is 1.11. The van der Waals surface area contributed by atoms with Crippen LogP contribution >= 0.6 is 11.3 Å². The van der Waals surface area contributed by atoms with Crippen LogP contribution in [-0.4, -0.2) is 34.5 Å². The zero-order chi connectivity index (χ0) is 17.5. The number of ether oxygens (including phenoxy) is 1. The summed E-state index contributed by atoms with van der Waals surface area (Å²) in [6.07, 6.45) is 1.59. The molecule has 2 aromatic rings. The molecule has 2 rings (SSSR count). The third kappa shape index (κ3) is 4.50. The number of carbonyl (C=O) groups is 3. The van der Waals surface area contributed by atoms with Crippen molar-refractivity contribution in [2.24, 2.45) is 0 Å². The molecule has 0 aliphatic rings. The average molecular weight is 346 g/mol. The van der Waals surface area contributed by atoms with E-state index in [9.17, 15) is 14.4 Å². The lowest BCUT2D eigenvalue weighted by Gasteiger charge is -2.01. The van der Waals surface area contributed by atoms with Crippen LogP contribution in [-0.2, 0) is 14.3 Å². The van der Waals surface area contributed by atoms with Gasteiger partial charge < -0.3 is 9.84 Å². The quantitative estimate of drug-likeness (QED) is 0.615. The summed E-state index contributed by atoms with van der Waals surface area (Å²) in [6.45, 7) is 1.91. The van der Waals surface area contributed by atoms with Crippen LogP contribution in [0.5, 0.6) is 0 Å². The van der Waals surface area contributed by atoms with Gasteiger partial charge in [0.25, 0.3) is 0 Å². The van der Waals surface area contributed by atoms with E-state index in [4.69, 9.17) is 9.84 Å². The number of amides is 1. The predicted molar refractivity (Wildman–Crippen MR) is 88.9 cm³/mol. The van der Waals surface area contributed by atoms with Crippen molar-refractivity contribution in [3.8, 4) is 11.3 Å². The summed E-state index contributed by atoms with van der Waals surface area (Å²) < 4.78 is 5.01. The van der Waals surface area contributed by atoms with Crippen molar-refractivity contribution in [2.45, 2.75) is 6.92 Å². The van der Waals surface area contributed by atoms with E-state index in [1.54, 1.807) is 31.2 Å². The fourth-order valence-corrected chi connectivity index (χ4v) is 2.68. The number of benzene rings is 1. The van der Waals surface area contributed by atoms with E-state index in [2.05, 4.69) is 10.3 Å². The maximum absolute atomic E-state index is 12.1. The van der Waals surface area contributed by atoms with Crippen LogP contribution in [0.4, 0.5) is 5.13 Å². The fourth-order valence-electron chi connectivity index (χ4n) is 1.79. The molecular weight excluding hydrogens is 332 g/mol. The van der Waals surface area contributed by atoms with E-state index in [1.165, 1.54) is 0 Å². The highest BCUT2D eigenvalue weighted by molar-refractivity contribution is 7.18. The van der Waals surface area contributed by atoms with Crippen LogP contribution in [0.2, 0.25) is 0 Å². The SMILES string of the molecule is CCOC(=O)c1sc(NC(=O)/C=C/C(=O)O)nc1-c1ccccc1. The third-order valence-electron chi connectivity index (χ3n) is 2.74. The highest BCUT2D eigenvalue weighted by atomic mass is 32.1. The lowest BCUT2D eigenvalue weighted by Crippen LogP contribution is -2.08. The fraction of sp³-hybridized carbons (Fsp3) is 0.125. The zero-order valence-electron chi connectivity index (χ0n) is 12.7. The lowest BCUT2D eigenvalue weighted by molar-refractivity contribution is -0.131. The van der Waals surface area contributed by atoms with Crippen LogP contribution < -0.4 is 5.32 Å². The molecule has 0 aliphatic carbocycles. The van der Waals surface area contributed by atoms with Crippen molar-refractivity contribution in [3.63, 3.8) is 0 Å². The number of thiazole rings is 1. The summed E-state index contributed by atoms with van der Waals surface area (Å²) in [5.74, 6) is -2.42. The molecule has 0 unspecified atom stereocenters. The minimum absolute atomic E-state index is 0.178. The Labute approximate surface area is 141 Å². The van der Waals surface area contributed by atoms with Gasteiger partial charge in [-0.25, -0.2) is 14.6 Å². The Hall–Kier alpha value is -3.00. The molecule has 0 bridgehead atoms. The van der Waals surface area contributed by atoms with E-state index in [1.807, 2.05) is 6.07 Å². The van der Waals surface area contributed by atoms with Crippen LogP contribution in [0, 0.1) is 0 Å². The van der Waals surface area contributed by atoms with Gasteiger partial charge in [-0.2, -0.15) is 0 Å². The number of hydrogen-bond donors (Lipinski definition) is 2. The van der Waals surface area contributed by atoms with Gasteiger partial charge in [-0.1, -0.05) is 41.7 Å². The van der Waals surface area contributed by atoms with E-state index in [0.29, 0.717) is 17.3 Å². The Morgan fingerprint density at radius 3 is 2.58 bits per heavy atom. The van der Waals surface area contributed by atoms with Gasteiger partial charge >= 0.3 is 11.9 Å². The molecule has 7 nitrogen and oxygen atoms in total. The van der Waals surface area contributed by atoms with Crippen molar-refractivity contribution in [1.29, 1.82) is 0 Å². The van der Waals surface area contributed by atoms with Crippen LogP contribution in [0.1, 0.15) is 16.6 Å². The highest BCUT2D eigenvalue weighted by Crippen LogP contribution is 2.31. The van der Waals surface area contributed by atoms with Gasteiger partial charge in [-0.15, -0.1) is 0 Å². The molecule has 0 atom stereocenters. The molecule has 0 radical (unpaired) electrons. The Balaban J connectivity index is 2.33. The number of aliphatic carboxylic acids is 1. The maximum atomic E-state index is 12.1. The Bertz CT molecular complexity index is 783. The summed E-state index contributed by atoms with van der Waals surface area (Å²) in [5, 5.41) is 11.1. The molecule has 0 aliphatic heterocycles. The molecular formula is C16H14N2O5S. The number of esters is 1. The first-order chi connectivity index (χ1) is 11.5. The minimum atomic E-state index is -1.23. The van der Waals surface area contributed by atoms with E-state index in [0.717, 1.165) is 17.4 Å². The molecule has 1 aromatic heterocycles. The van der Waals surface area contributed by atoms with Crippen molar-refractivity contribution in [1.82, 2.24) is 4.98 Å². The Morgan fingerprint density at radius 2 is 1.96 bits per heavy atom. The molecule has 0 spiro atoms. The smallest absolute Gasteiger partial charge is 0.350 e. The van der Waals surface area contributed by atoms with Crippen molar-refractivity contribution >= 4 is 34.3 Å². The second-order valence-electron chi connectivity index (χ2n) is 4.44. The number of hydrogen-bond acceptors (Lipinski definition) is 6. The third-order valence-corrected chi connectivity index (χ3v) is 3.69. The molecule has 0 saturated heterocycles. The van der Waals surface area contributed by atoms with Gasteiger partial charge in [-0.3, -0.25) is 10.1 Å². The summed E-state index contributed by atoms with van der Waals surface area (Å²) in [7, 11) is 0. The Morgan fingerprint density at radius 1 is 1.25 bits per heavy atom. The summed E-state index contributed by atoms with van der Waals surface area (Å²) >= 11 is 0.966. The number of carboxylic acid groups (broad SMARTS) is 1. The first kappa shape index (κ1) is 17.4. The standard InChI is InChI=1S/C16H14N2O5S/c1-2-23-15(22)14-13(10-6-4-3-5-7-10)18-16(24-14)17-11(19)8-9-12(20)21/h3-9H,2H2,1H3,(H,20,21)(H,17,18,19)/b9-8+. The monoisotopic (exact) mass is 346 g/mol. The first-order valence-electron chi connectivity index (χ1n) is 6.96. The Kier molecular flexibility index (Phi) is 5.80. The maximum Gasteiger partial charge on any atom is 0.350 e. The molecule has 1 amide bonds. The van der Waals surface area contributed by atoms with Crippen LogP contribution in [0.3, 0.4) is 0 Å². The van der Waals surface area contributed by atoms with E-state index in [-0.39, 0.29) is 16.6 Å². The molecule has 1 aromatic carbocycles. The average Bonchev–Trinajstić information content (AvgIpc) is 2.98. The number of nitrogens with one attached hydrogen (secondary N) is 1. The summed E-state index contributed by atoms with van der Waals surface area (Å²) in [6, 6.07) is 9.01. The van der Waals surface area contributed by atoms with Crippen LogP contribution in [0.25, 0.3) is 11.3 Å².